The Labute approximate surface area is 177 Å². The second-order valence-electron chi connectivity index (χ2n) is 8.87. The van der Waals surface area contributed by atoms with Crippen molar-refractivity contribution in [2.24, 2.45) is 11.8 Å². The van der Waals surface area contributed by atoms with Crippen molar-refractivity contribution in [2.75, 3.05) is 0 Å². The first-order valence-corrected chi connectivity index (χ1v) is 12.0. The van der Waals surface area contributed by atoms with Gasteiger partial charge < -0.3 is 5.11 Å². The lowest BCUT2D eigenvalue weighted by Gasteiger charge is -2.14. The number of aliphatic carboxylic acids is 1. The van der Waals surface area contributed by atoms with E-state index in [-0.39, 0.29) is 6.42 Å². The average Bonchev–Trinajstić information content (AvgIpc) is 3.46. The maximum absolute atomic E-state index is 10.4. The van der Waals surface area contributed by atoms with Crippen LogP contribution in [0.3, 0.4) is 0 Å². The third-order valence-electron chi connectivity index (χ3n) is 6.36. The molecule has 2 aliphatic carbocycles. The normalized spacial score (nSPS) is 28.3. The van der Waals surface area contributed by atoms with Gasteiger partial charge in [-0.05, 0) is 69.6 Å². The van der Waals surface area contributed by atoms with E-state index in [1.54, 1.807) is 0 Å². The van der Waals surface area contributed by atoms with E-state index in [1.807, 2.05) is 0 Å². The van der Waals surface area contributed by atoms with E-state index in [9.17, 15) is 4.79 Å². The number of hydrogen-bond acceptors (Lipinski definition) is 3. The van der Waals surface area contributed by atoms with Crippen LogP contribution in [0, 0.1) is 11.8 Å². The van der Waals surface area contributed by atoms with Crippen LogP contribution in [-0.2, 0) is 14.6 Å². The van der Waals surface area contributed by atoms with Gasteiger partial charge in [-0.3, -0.25) is 4.79 Å². The van der Waals surface area contributed by atoms with Crippen molar-refractivity contribution < 1.29 is 19.7 Å². The Morgan fingerprint density at radius 2 is 1.69 bits per heavy atom. The summed E-state index contributed by atoms with van der Waals surface area (Å²) in [5.74, 6) is 0.894. The molecule has 0 aromatic carbocycles. The maximum atomic E-state index is 10.4. The standard InChI is InChI=1S/C20H34O2.C5H8O2/c1-2-3-4-5-6-9-13-18-15-12-16-19(18)14-10-7-8-11-17-20(21)22;1-2-5-3-4(1)6-7-5/h7,9-10,13,18-19H,2-6,8,11-12,14-17H2,1H3,(H,21,22);4-5H,1-3H2/b10-7+,13-9+;/t18-,19-;/m0./s1. The van der Waals surface area contributed by atoms with Crippen molar-refractivity contribution in [2.45, 2.75) is 115 Å². The first-order chi connectivity index (χ1) is 14.2. The zero-order valence-corrected chi connectivity index (χ0v) is 18.4. The highest BCUT2D eigenvalue weighted by Gasteiger charge is 2.34. The molecule has 0 spiro atoms. The van der Waals surface area contributed by atoms with Crippen molar-refractivity contribution in [3.05, 3.63) is 24.3 Å². The Morgan fingerprint density at radius 1 is 0.931 bits per heavy atom. The van der Waals surface area contributed by atoms with Gasteiger partial charge in [-0.15, -0.1) is 0 Å². The van der Waals surface area contributed by atoms with Gasteiger partial charge in [0.1, 0.15) is 0 Å². The van der Waals surface area contributed by atoms with Gasteiger partial charge in [-0.1, -0.05) is 56.9 Å². The highest BCUT2D eigenvalue weighted by atomic mass is 17.2. The third kappa shape index (κ3) is 10.5. The third-order valence-corrected chi connectivity index (χ3v) is 6.36. The van der Waals surface area contributed by atoms with E-state index < -0.39 is 5.97 Å². The van der Waals surface area contributed by atoms with Crippen LogP contribution >= 0.6 is 0 Å². The van der Waals surface area contributed by atoms with E-state index in [4.69, 9.17) is 14.9 Å². The summed E-state index contributed by atoms with van der Waals surface area (Å²) in [5, 5.41) is 8.60. The smallest absolute Gasteiger partial charge is 0.303 e. The molecular formula is C25H42O4. The van der Waals surface area contributed by atoms with Crippen LogP contribution in [0.2, 0.25) is 0 Å². The fourth-order valence-corrected chi connectivity index (χ4v) is 4.56. The average molecular weight is 407 g/mol. The molecule has 3 fully saturated rings. The molecule has 0 aromatic heterocycles. The molecule has 2 unspecified atom stereocenters. The van der Waals surface area contributed by atoms with Gasteiger partial charge in [0.2, 0.25) is 0 Å². The molecule has 0 radical (unpaired) electrons. The minimum atomic E-state index is -0.687. The molecule has 29 heavy (non-hydrogen) atoms. The van der Waals surface area contributed by atoms with E-state index in [2.05, 4.69) is 31.2 Å². The Morgan fingerprint density at radius 3 is 2.31 bits per heavy atom. The number of unbranched alkanes of at least 4 members (excludes halogenated alkanes) is 5. The lowest BCUT2D eigenvalue weighted by molar-refractivity contribution is -0.315. The molecule has 3 rings (SSSR count). The SMILES string of the molecule is C1CC2CC1OO2.CCCCCC/C=C/[C@H]1CCC[C@@H]1C/C=C/CCCC(=O)O. The van der Waals surface area contributed by atoms with Gasteiger partial charge in [0, 0.05) is 12.8 Å². The molecule has 0 amide bonds. The molecule has 0 aromatic rings. The van der Waals surface area contributed by atoms with Crippen molar-refractivity contribution in [3.8, 4) is 0 Å². The van der Waals surface area contributed by atoms with Crippen molar-refractivity contribution in [3.63, 3.8) is 0 Å². The summed E-state index contributed by atoms with van der Waals surface area (Å²) in [6.07, 6.45) is 27.6. The molecule has 1 heterocycles. The number of allylic oxidation sites excluding steroid dienone is 4. The van der Waals surface area contributed by atoms with Crippen LogP contribution in [0.1, 0.15) is 103 Å². The maximum Gasteiger partial charge on any atom is 0.303 e. The van der Waals surface area contributed by atoms with Gasteiger partial charge in [0.05, 0.1) is 12.2 Å². The van der Waals surface area contributed by atoms with Crippen molar-refractivity contribution >= 4 is 5.97 Å². The summed E-state index contributed by atoms with van der Waals surface area (Å²) >= 11 is 0. The van der Waals surface area contributed by atoms with Crippen LogP contribution in [0.4, 0.5) is 0 Å². The second-order valence-corrected chi connectivity index (χ2v) is 8.87. The topological polar surface area (TPSA) is 55.8 Å². The number of rotatable bonds is 12. The Bertz CT molecular complexity index is 481. The number of carboxylic acids is 1. The first kappa shape index (κ1) is 24.1. The predicted molar refractivity (Wildman–Crippen MR) is 118 cm³/mol. The number of carboxylic acid groups (broad SMARTS) is 1. The highest BCUT2D eigenvalue weighted by molar-refractivity contribution is 5.66. The van der Waals surface area contributed by atoms with Gasteiger partial charge in [0.25, 0.3) is 0 Å². The summed E-state index contributed by atoms with van der Waals surface area (Å²) in [5.41, 5.74) is 0. The fourth-order valence-electron chi connectivity index (χ4n) is 4.56. The van der Waals surface area contributed by atoms with Crippen LogP contribution in [-0.4, -0.2) is 23.3 Å². The first-order valence-electron chi connectivity index (χ1n) is 12.0. The van der Waals surface area contributed by atoms with Crippen LogP contribution in [0.25, 0.3) is 0 Å². The predicted octanol–water partition coefficient (Wildman–Crippen LogP) is 7.00. The molecule has 4 nitrogen and oxygen atoms in total. The van der Waals surface area contributed by atoms with Gasteiger partial charge >= 0.3 is 5.97 Å². The van der Waals surface area contributed by atoms with Crippen LogP contribution in [0.15, 0.2) is 24.3 Å². The largest absolute Gasteiger partial charge is 0.481 e. The molecule has 2 bridgehead atoms. The monoisotopic (exact) mass is 406 g/mol. The number of hydrogen-bond donors (Lipinski definition) is 1. The molecule has 1 N–H and O–H groups in total. The summed E-state index contributed by atoms with van der Waals surface area (Å²) < 4.78 is 0. The van der Waals surface area contributed by atoms with Crippen molar-refractivity contribution in [1.82, 2.24) is 0 Å². The summed E-state index contributed by atoms with van der Waals surface area (Å²) in [4.78, 5) is 20.1. The van der Waals surface area contributed by atoms with E-state index >= 15 is 0 Å². The van der Waals surface area contributed by atoms with E-state index in [0.29, 0.717) is 12.2 Å². The Balaban J connectivity index is 0.000000351. The van der Waals surface area contributed by atoms with Crippen LogP contribution in [0.5, 0.6) is 0 Å². The molecule has 1 saturated heterocycles. The lowest BCUT2D eigenvalue weighted by atomic mass is 9.92. The molecule has 2 saturated carbocycles. The van der Waals surface area contributed by atoms with Crippen molar-refractivity contribution in [1.29, 1.82) is 0 Å². The van der Waals surface area contributed by atoms with E-state index in [1.165, 1.54) is 64.2 Å². The molecule has 166 valence electrons. The second kappa shape index (κ2) is 14.8. The molecular weight excluding hydrogens is 364 g/mol. The van der Waals surface area contributed by atoms with Crippen LogP contribution < -0.4 is 0 Å². The minimum absolute atomic E-state index is 0.289. The minimum Gasteiger partial charge on any atom is -0.481 e. The molecule has 3 aliphatic rings. The summed E-state index contributed by atoms with van der Waals surface area (Å²) in [7, 11) is 0. The fraction of sp³-hybridized carbons (Fsp3) is 0.800. The molecule has 4 atom stereocenters. The number of carbonyl (C=O) groups is 1. The van der Waals surface area contributed by atoms with E-state index in [0.717, 1.165) is 37.5 Å². The summed E-state index contributed by atoms with van der Waals surface area (Å²) in [6, 6.07) is 0. The highest BCUT2D eigenvalue weighted by Crippen LogP contribution is 2.35. The van der Waals surface area contributed by atoms with Gasteiger partial charge in [-0.25, -0.2) is 9.78 Å². The Kier molecular flexibility index (Phi) is 12.3. The van der Waals surface area contributed by atoms with Gasteiger partial charge in [0.15, 0.2) is 0 Å². The quantitative estimate of drug-likeness (QED) is 0.215. The summed E-state index contributed by atoms with van der Waals surface area (Å²) in [6.45, 7) is 2.26. The Hall–Kier alpha value is -1.13. The molecule has 4 heteroatoms. The lowest BCUT2D eigenvalue weighted by Crippen LogP contribution is -2.05. The number of fused-ring (bicyclic) bond motifs is 2. The molecule has 1 aliphatic heterocycles. The van der Waals surface area contributed by atoms with Gasteiger partial charge in [-0.2, -0.15) is 0 Å². The zero-order chi connectivity index (χ0) is 20.7. The zero-order valence-electron chi connectivity index (χ0n) is 18.4.